The highest BCUT2D eigenvalue weighted by Gasteiger charge is 2.02. The van der Waals surface area contributed by atoms with Gasteiger partial charge in [0, 0.05) is 12.1 Å². The molecule has 0 bridgehead atoms. The van der Waals surface area contributed by atoms with Crippen molar-refractivity contribution >= 4 is 5.78 Å². The zero-order valence-electron chi connectivity index (χ0n) is 6.50. The summed E-state index contributed by atoms with van der Waals surface area (Å²) in [5, 5.41) is 0. The lowest BCUT2D eigenvalue weighted by molar-refractivity contribution is 0.101. The van der Waals surface area contributed by atoms with Crippen molar-refractivity contribution in [1.82, 2.24) is 0 Å². The van der Waals surface area contributed by atoms with Crippen molar-refractivity contribution < 1.29 is 4.79 Å². The molecule has 0 saturated heterocycles. The van der Waals surface area contributed by atoms with Gasteiger partial charge in [-0.2, -0.15) is 0 Å². The molecular weight excluding hydrogens is 138 g/mol. The fourth-order valence-electron chi connectivity index (χ4n) is 1.04. The van der Waals surface area contributed by atoms with Crippen LogP contribution in [0.25, 0.3) is 0 Å². The Labute approximate surface area is 66.0 Å². The van der Waals surface area contributed by atoms with Gasteiger partial charge in [0.2, 0.25) is 0 Å². The Kier molecular flexibility index (Phi) is 2.39. The Morgan fingerprint density at radius 1 is 1.45 bits per heavy atom. The molecule has 0 amide bonds. The van der Waals surface area contributed by atoms with Crippen molar-refractivity contribution in [3.8, 4) is 0 Å². The van der Waals surface area contributed by atoms with E-state index in [1.165, 1.54) is 0 Å². The van der Waals surface area contributed by atoms with Gasteiger partial charge < -0.3 is 5.73 Å². The number of nitrogens with two attached hydrogens (primary N) is 1. The Hall–Kier alpha value is -1.15. The molecule has 1 rings (SSSR count). The molecular formula is C9H11NO. The van der Waals surface area contributed by atoms with Crippen LogP contribution in [0.1, 0.15) is 22.8 Å². The smallest absolute Gasteiger partial charge is 0.160 e. The molecule has 0 spiro atoms. The molecule has 2 heteroatoms. The summed E-state index contributed by atoms with van der Waals surface area (Å²) in [6, 6.07) is 7.39. The van der Waals surface area contributed by atoms with Gasteiger partial charge in [0.25, 0.3) is 0 Å². The predicted octanol–water partition coefficient (Wildman–Crippen LogP) is 1.35. The molecule has 2 nitrogen and oxygen atoms in total. The van der Waals surface area contributed by atoms with Crippen LogP contribution in [0, 0.1) is 0 Å². The van der Waals surface area contributed by atoms with Crippen LogP contribution >= 0.6 is 0 Å². The molecule has 2 N–H and O–H groups in total. The molecule has 0 aliphatic heterocycles. The second-order valence-electron chi connectivity index (χ2n) is 2.42. The number of rotatable bonds is 2. The Morgan fingerprint density at radius 3 is 2.55 bits per heavy atom. The summed E-state index contributed by atoms with van der Waals surface area (Å²) in [5.74, 6) is 0.0750. The van der Waals surface area contributed by atoms with Crippen LogP contribution in [-0.4, -0.2) is 5.78 Å². The van der Waals surface area contributed by atoms with Crippen molar-refractivity contribution in [2.75, 3.05) is 0 Å². The number of hydrogen-bond donors (Lipinski definition) is 1. The summed E-state index contributed by atoms with van der Waals surface area (Å²) in [5.41, 5.74) is 7.08. The molecule has 58 valence electrons. The van der Waals surface area contributed by atoms with Crippen molar-refractivity contribution in [3.63, 3.8) is 0 Å². The van der Waals surface area contributed by atoms with Gasteiger partial charge in [-0.3, -0.25) is 4.79 Å². The maximum Gasteiger partial charge on any atom is 0.160 e. The summed E-state index contributed by atoms with van der Waals surface area (Å²) >= 11 is 0. The van der Waals surface area contributed by atoms with Gasteiger partial charge in [0.1, 0.15) is 0 Å². The largest absolute Gasteiger partial charge is 0.326 e. The minimum Gasteiger partial charge on any atom is -0.326 e. The monoisotopic (exact) mass is 149 g/mol. The highest BCUT2D eigenvalue weighted by molar-refractivity contribution is 5.95. The van der Waals surface area contributed by atoms with Crippen molar-refractivity contribution in [2.45, 2.75) is 13.5 Å². The van der Waals surface area contributed by atoms with E-state index >= 15 is 0 Å². The maximum absolute atomic E-state index is 11.0. The van der Waals surface area contributed by atoms with Gasteiger partial charge in [-0.05, 0) is 12.5 Å². The third kappa shape index (κ3) is 1.65. The summed E-state index contributed by atoms with van der Waals surface area (Å²) in [4.78, 5) is 11.0. The Morgan fingerprint density at radius 2 is 2.09 bits per heavy atom. The molecule has 0 radical (unpaired) electrons. The highest BCUT2D eigenvalue weighted by atomic mass is 16.1. The van der Waals surface area contributed by atoms with E-state index in [9.17, 15) is 4.79 Å². The molecule has 0 fully saturated rings. The van der Waals surface area contributed by atoms with E-state index < -0.39 is 0 Å². The van der Waals surface area contributed by atoms with E-state index in [0.29, 0.717) is 6.54 Å². The van der Waals surface area contributed by atoms with Crippen molar-refractivity contribution in [3.05, 3.63) is 35.4 Å². The topological polar surface area (TPSA) is 43.1 Å². The minimum absolute atomic E-state index is 0.0750. The zero-order valence-corrected chi connectivity index (χ0v) is 6.50. The van der Waals surface area contributed by atoms with E-state index in [2.05, 4.69) is 0 Å². The average Bonchev–Trinajstić information content (AvgIpc) is 2.04. The summed E-state index contributed by atoms with van der Waals surface area (Å²) in [7, 11) is 0. The van der Waals surface area contributed by atoms with Crippen LogP contribution in [-0.2, 0) is 6.54 Å². The first-order chi connectivity index (χ1) is 5.25. The molecule has 0 unspecified atom stereocenters. The predicted molar refractivity (Wildman–Crippen MR) is 44.3 cm³/mol. The minimum atomic E-state index is 0.0750. The highest BCUT2D eigenvalue weighted by Crippen LogP contribution is 2.07. The van der Waals surface area contributed by atoms with Gasteiger partial charge in [-0.1, -0.05) is 24.3 Å². The third-order valence-corrected chi connectivity index (χ3v) is 1.62. The van der Waals surface area contributed by atoms with E-state index in [-0.39, 0.29) is 5.78 Å². The van der Waals surface area contributed by atoms with Crippen LogP contribution in [0.15, 0.2) is 24.3 Å². The standard InChI is InChI=1S/C9H11NO/c1-7(11)9-5-3-2-4-8(9)6-10/h2-5H,6,10H2,1H3. The summed E-state index contributed by atoms with van der Waals surface area (Å²) < 4.78 is 0. The molecule has 0 atom stereocenters. The molecule has 0 aliphatic carbocycles. The molecule has 0 aromatic heterocycles. The van der Waals surface area contributed by atoms with Crippen LogP contribution in [0.4, 0.5) is 0 Å². The number of Topliss-reactive ketones (excluding diaryl/α,β-unsaturated/α-hetero) is 1. The first-order valence-electron chi connectivity index (χ1n) is 3.54. The number of carbonyl (C=O) groups excluding carboxylic acids is 1. The van der Waals surface area contributed by atoms with E-state index in [1.807, 2.05) is 18.2 Å². The molecule has 11 heavy (non-hydrogen) atoms. The van der Waals surface area contributed by atoms with Crippen molar-refractivity contribution in [2.24, 2.45) is 5.73 Å². The fraction of sp³-hybridized carbons (Fsp3) is 0.222. The van der Waals surface area contributed by atoms with Crippen LogP contribution in [0.2, 0.25) is 0 Å². The number of carbonyl (C=O) groups is 1. The lowest BCUT2D eigenvalue weighted by Gasteiger charge is -2.01. The van der Waals surface area contributed by atoms with Gasteiger partial charge >= 0.3 is 0 Å². The van der Waals surface area contributed by atoms with Crippen LogP contribution in [0.3, 0.4) is 0 Å². The lowest BCUT2D eigenvalue weighted by atomic mass is 10.1. The summed E-state index contributed by atoms with van der Waals surface area (Å²) in [6.45, 7) is 1.98. The van der Waals surface area contributed by atoms with Crippen LogP contribution in [0.5, 0.6) is 0 Å². The van der Waals surface area contributed by atoms with E-state index in [1.54, 1.807) is 13.0 Å². The lowest BCUT2D eigenvalue weighted by Crippen LogP contribution is -2.04. The number of ketones is 1. The molecule has 1 aromatic carbocycles. The second-order valence-corrected chi connectivity index (χ2v) is 2.42. The van der Waals surface area contributed by atoms with E-state index in [0.717, 1.165) is 11.1 Å². The van der Waals surface area contributed by atoms with E-state index in [4.69, 9.17) is 5.73 Å². The molecule has 0 aliphatic rings. The van der Waals surface area contributed by atoms with Gasteiger partial charge in [0.05, 0.1) is 0 Å². The molecule has 0 saturated carbocycles. The van der Waals surface area contributed by atoms with Crippen LogP contribution < -0.4 is 5.73 Å². The molecule has 0 heterocycles. The first-order valence-corrected chi connectivity index (χ1v) is 3.54. The average molecular weight is 149 g/mol. The van der Waals surface area contributed by atoms with Crippen molar-refractivity contribution in [1.29, 1.82) is 0 Å². The number of benzene rings is 1. The SMILES string of the molecule is CC(=O)c1ccccc1CN. The fourth-order valence-corrected chi connectivity index (χ4v) is 1.04. The zero-order chi connectivity index (χ0) is 8.27. The van der Waals surface area contributed by atoms with Gasteiger partial charge in [0.15, 0.2) is 5.78 Å². The second kappa shape index (κ2) is 3.30. The molecule has 1 aromatic rings. The normalized spacial score (nSPS) is 9.64. The third-order valence-electron chi connectivity index (χ3n) is 1.62. The van der Waals surface area contributed by atoms with Gasteiger partial charge in [-0.15, -0.1) is 0 Å². The Balaban J connectivity index is 3.12. The van der Waals surface area contributed by atoms with Gasteiger partial charge in [-0.25, -0.2) is 0 Å². The first kappa shape index (κ1) is 7.95. The maximum atomic E-state index is 11.0. The quantitative estimate of drug-likeness (QED) is 0.645. The Bertz CT molecular complexity index is 268. The summed E-state index contributed by atoms with van der Waals surface area (Å²) in [6.07, 6.45) is 0. The number of hydrogen-bond acceptors (Lipinski definition) is 2.